The molecule has 32 heavy (non-hydrogen) atoms. The average Bonchev–Trinajstić information content (AvgIpc) is 2.74. The van der Waals surface area contributed by atoms with Gasteiger partial charge in [-0.25, -0.2) is 8.42 Å². The van der Waals surface area contributed by atoms with Crippen LogP contribution in [0, 0.1) is 0 Å². The SMILES string of the molecule is COc1ccc(OC)c(N(CC(=O)NCCCc2ccc(OC(C)C)cc2)S(C)(=O)=O)c1. The van der Waals surface area contributed by atoms with Crippen LogP contribution in [0.3, 0.4) is 0 Å². The molecule has 0 aromatic heterocycles. The van der Waals surface area contributed by atoms with Crippen molar-refractivity contribution in [2.75, 3.05) is 37.9 Å². The maximum Gasteiger partial charge on any atom is 0.240 e. The van der Waals surface area contributed by atoms with E-state index in [-0.39, 0.29) is 18.3 Å². The molecule has 0 aliphatic rings. The number of rotatable bonds is 12. The first kappa shape index (κ1) is 25.3. The number of nitrogens with one attached hydrogen (secondary N) is 1. The fraction of sp³-hybridized carbons (Fsp3) is 0.435. The molecule has 8 nitrogen and oxygen atoms in total. The summed E-state index contributed by atoms with van der Waals surface area (Å²) in [6.07, 6.45) is 2.67. The predicted molar refractivity (Wildman–Crippen MR) is 125 cm³/mol. The van der Waals surface area contributed by atoms with Crippen LogP contribution in [-0.2, 0) is 21.2 Å². The standard InChI is InChI=1S/C23H32N2O6S/c1-17(2)31-19-10-8-18(9-11-19)7-6-14-24-23(26)16-25(32(5,27)28)21-15-20(29-3)12-13-22(21)30-4/h8-13,15,17H,6-7,14,16H2,1-5H3,(H,24,26). The summed E-state index contributed by atoms with van der Waals surface area (Å²) in [6, 6.07) is 12.6. The van der Waals surface area contributed by atoms with E-state index < -0.39 is 15.9 Å². The zero-order valence-corrected chi connectivity index (χ0v) is 20.1. The van der Waals surface area contributed by atoms with Crippen molar-refractivity contribution >= 4 is 21.6 Å². The van der Waals surface area contributed by atoms with Gasteiger partial charge in [0.15, 0.2) is 0 Å². The Morgan fingerprint density at radius 2 is 1.69 bits per heavy atom. The number of anilines is 1. The van der Waals surface area contributed by atoms with Crippen molar-refractivity contribution in [1.82, 2.24) is 5.32 Å². The highest BCUT2D eigenvalue weighted by Gasteiger charge is 2.24. The van der Waals surface area contributed by atoms with Crippen molar-refractivity contribution in [3.63, 3.8) is 0 Å². The summed E-state index contributed by atoms with van der Waals surface area (Å²) in [5.74, 6) is 1.21. The summed E-state index contributed by atoms with van der Waals surface area (Å²) in [5, 5.41) is 2.79. The van der Waals surface area contributed by atoms with Crippen LogP contribution in [0.15, 0.2) is 42.5 Å². The summed E-state index contributed by atoms with van der Waals surface area (Å²) < 4.78 is 41.9. The molecule has 2 aromatic carbocycles. The van der Waals surface area contributed by atoms with Crippen molar-refractivity contribution in [3.8, 4) is 17.2 Å². The molecule has 1 N–H and O–H groups in total. The molecular formula is C23H32N2O6S. The van der Waals surface area contributed by atoms with E-state index in [9.17, 15) is 13.2 Å². The van der Waals surface area contributed by atoms with Gasteiger partial charge in [-0.2, -0.15) is 0 Å². The normalized spacial score (nSPS) is 11.2. The largest absolute Gasteiger partial charge is 0.497 e. The molecule has 176 valence electrons. The quantitative estimate of drug-likeness (QED) is 0.486. The maximum atomic E-state index is 12.5. The molecule has 0 aliphatic heterocycles. The number of hydrogen-bond acceptors (Lipinski definition) is 6. The third kappa shape index (κ3) is 7.64. The monoisotopic (exact) mass is 464 g/mol. The van der Waals surface area contributed by atoms with Crippen molar-refractivity contribution < 1.29 is 27.4 Å². The Bertz CT molecular complexity index is 990. The van der Waals surface area contributed by atoms with E-state index in [0.717, 1.165) is 34.7 Å². The molecule has 0 unspecified atom stereocenters. The Kier molecular flexibility index (Phi) is 9.19. The molecule has 0 spiro atoms. The van der Waals surface area contributed by atoms with Crippen LogP contribution in [0.5, 0.6) is 17.2 Å². The average molecular weight is 465 g/mol. The van der Waals surface area contributed by atoms with Gasteiger partial charge < -0.3 is 19.5 Å². The molecule has 0 bridgehead atoms. The zero-order chi connectivity index (χ0) is 23.7. The topological polar surface area (TPSA) is 94.2 Å². The number of amides is 1. The lowest BCUT2D eigenvalue weighted by Crippen LogP contribution is -2.40. The number of hydrogen-bond donors (Lipinski definition) is 1. The van der Waals surface area contributed by atoms with Gasteiger partial charge in [-0.3, -0.25) is 9.10 Å². The van der Waals surface area contributed by atoms with Gasteiger partial charge in [0.2, 0.25) is 15.9 Å². The number of ether oxygens (including phenoxy) is 3. The molecule has 0 heterocycles. The number of aryl methyl sites for hydroxylation is 1. The lowest BCUT2D eigenvalue weighted by molar-refractivity contribution is -0.119. The molecule has 9 heteroatoms. The van der Waals surface area contributed by atoms with Gasteiger partial charge >= 0.3 is 0 Å². The van der Waals surface area contributed by atoms with Crippen LogP contribution in [0.4, 0.5) is 5.69 Å². The number of carbonyl (C=O) groups is 1. The van der Waals surface area contributed by atoms with Crippen molar-refractivity contribution in [1.29, 1.82) is 0 Å². The van der Waals surface area contributed by atoms with Crippen molar-refractivity contribution in [3.05, 3.63) is 48.0 Å². The highest BCUT2D eigenvalue weighted by molar-refractivity contribution is 7.92. The van der Waals surface area contributed by atoms with Crippen LogP contribution in [0.25, 0.3) is 0 Å². The Hall–Kier alpha value is -2.94. The minimum atomic E-state index is -3.73. The summed E-state index contributed by atoms with van der Waals surface area (Å²) in [5.41, 5.74) is 1.38. The highest BCUT2D eigenvalue weighted by atomic mass is 32.2. The second-order valence-corrected chi connectivity index (χ2v) is 9.48. The zero-order valence-electron chi connectivity index (χ0n) is 19.3. The van der Waals surface area contributed by atoms with Crippen LogP contribution < -0.4 is 23.8 Å². The molecule has 0 radical (unpaired) electrons. The number of benzene rings is 2. The summed E-state index contributed by atoms with van der Waals surface area (Å²) in [7, 11) is -0.814. The third-order valence-corrected chi connectivity index (χ3v) is 5.73. The maximum absolute atomic E-state index is 12.5. The number of sulfonamides is 1. The second kappa shape index (κ2) is 11.6. The van der Waals surface area contributed by atoms with Gasteiger partial charge in [0.05, 0.1) is 32.3 Å². The third-order valence-electron chi connectivity index (χ3n) is 4.60. The first-order valence-electron chi connectivity index (χ1n) is 10.4. The molecule has 0 atom stereocenters. The Morgan fingerprint density at radius 1 is 1.03 bits per heavy atom. The first-order valence-corrected chi connectivity index (χ1v) is 12.2. The van der Waals surface area contributed by atoms with E-state index in [2.05, 4.69) is 5.32 Å². The number of carbonyl (C=O) groups excluding carboxylic acids is 1. The Labute approximate surface area is 190 Å². The molecule has 2 rings (SSSR count). The van der Waals surface area contributed by atoms with Crippen LogP contribution in [-0.4, -0.2) is 54.0 Å². The molecule has 1 amide bonds. The molecule has 0 saturated heterocycles. The lowest BCUT2D eigenvalue weighted by Gasteiger charge is -2.24. The van der Waals surface area contributed by atoms with Gasteiger partial charge in [-0.15, -0.1) is 0 Å². The first-order chi connectivity index (χ1) is 15.1. The van der Waals surface area contributed by atoms with E-state index in [1.807, 2.05) is 38.1 Å². The van der Waals surface area contributed by atoms with Crippen molar-refractivity contribution in [2.24, 2.45) is 0 Å². The van der Waals surface area contributed by atoms with Gasteiger partial charge in [0.25, 0.3) is 0 Å². The molecule has 2 aromatic rings. The highest BCUT2D eigenvalue weighted by Crippen LogP contribution is 2.33. The van der Waals surface area contributed by atoms with Gasteiger partial charge in [0.1, 0.15) is 23.8 Å². The summed E-state index contributed by atoms with van der Waals surface area (Å²) in [6.45, 7) is 4.03. The van der Waals surface area contributed by atoms with E-state index >= 15 is 0 Å². The van der Waals surface area contributed by atoms with Crippen LogP contribution >= 0.6 is 0 Å². The number of methoxy groups -OCH3 is 2. The van der Waals surface area contributed by atoms with Gasteiger partial charge in [-0.05, 0) is 56.5 Å². The van der Waals surface area contributed by atoms with Gasteiger partial charge in [0, 0.05) is 12.6 Å². The predicted octanol–water partition coefficient (Wildman–Crippen LogP) is 3.01. The Morgan fingerprint density at radius 3 is 2.25 bits per heavy atom. The smallest absolute Gasteiger partial charge is 0.240 e. The second-order valence-electron chi connectivity index (χ2n) is 7.57. The molecule has 0 fully saturated rings. The van der Waals surface area contributed by atoms with E-state index in [0.29, 0.717) is 18.0 Å². The summed E-state index contributed by atoms with van der Waals surface area (Å²) >= 11 is 0. The molecular weight excluding hydrogens is 432 g/mol. The van der Waals surface area contributed by atoms with E-state index in [1.54, 1.807) is 12.1 Å². The minimum absolute atomic E-state index is 0.125. The molecule has 0 aliphatic carbocycles. The van der Waals surface area contributed by atoms with E-state index in [1.165, 1.54) is 20.3 Å². The Balaban J connectivity index is 1.95. The van der Waals surface area contributed by atoms with E-state index in [4.69, 9.17) is 14.2 Å². The summed E-state index contributed by atoms with van der Waals surface area (Å²) in [4.78, 5) is 12.5. The van der Waals surface area contributed by atoms with Gasteiger partial charge in [-0.1, -0.05) is 12.1 Å². The minimum Gasteiger partial charge on any atom is -0.497 e. The molecule has 0 saturated carbocycles. The fourth-order valence-electron chi connectivity index (χ4n) is 3.09. The fourth-order valence-corrected chi connectivity index (χ4v) is 3.94. The van der Waals surface area contributed by atoms with Crippen molar-refractivity contribution in [2.45, 2.75) is 32.8 Å². The van der Waals surface area contributed by atoms with Crippen LogP contribution in [0.1, 0.15) is 25.8 Å². The van der Waals surface area contributed by atoms with Crippen LogP contribution in [0.2, 0.25) is 0 Å². The number of nitrogens with zero attached hydrogens (tertiary/aromatic N) is 1. The lowest BCUT2D eigenvalue weighted by atomic mass is 10.1.